The average molecular weight is 267 g/mol. The number of hydrogen-bond acceptors (Lipinski definition) is 3. The number of rotatable bonds is 5. The summed E-state index contributed by atoms with van der Waals surface area (Å²) in [5.41, 5.74) is 1.82. The highest BCUT2D eigenvalue weighted by Gasteiger charge is 2.03. The zero-order valence-corrected chi connectivity index (χ0v) is 10.6. The van der Waals surface area contributed by atoms with E-state index in [1.165, 1.54) is 5.56 Å². The van der Waals surface area contributed by atoms with Crippen molar-refractivity contribution in [3.63, 3.8) is 0 Å². The maximum atomic E-state index is 10.5. The van der Waals surface area contributed by atoms with Crippen LogP contribution in [-0.4, -0.2) is 12.9 Å². The Labute approximate surface area is 109 Å². The van der Waals surface area contributed by atoms with Gasteiger partial charge < -0.3 is 4.74 Å². The molecular weight excluding hydrogens is 256 g/mol. The van der Waals surface area contributed by atoms with Crippen LogP contribution in [0.3, 0.4) is 0 Å². The van der Waals surface area contributed by atoms with Crippen molar-refractivity contribution in [1.82, 2.24) is 0 Å². The van der Waals surface area contributed by atoms with Gasteiger partial charge in [0.05, 0.1) is 11.6 Å². The molecule has 0 fully saturated rings. The molecule has 1 aromatic heterocycles. The monoisotopic (exact) mass is 266 g/mol. The second kappa shape index (κ2) is 5.84. The largest absolute Gasteiger partial charge is 0.492 e. The molecule has 0 saturated heterocycles. The van der Waals surface area contributed by atoms with Crippen LogP contribution in [0.1, 0.15) is 15.9 Å². The summed E-state index contributed by atoms with van der Waals surface area (Å²) in [6.07, 6.45) is 1.62. The van der Waals surface area contributed by atoms with Crippen LogP contribution >= 0.6 is 22.9 Å². The maximum absolute atomic E-state index is 10.5. The SMILES string of the molecule is O=Cc1ccc(OCCc2ccsc2)c(Cl)c1. The molecule has 0 aliphatic rings. The van der Waals surface area contributed by atoms with Crippen molar-refractivity contribution < 1.29 is 9.53 Å². The first kappa shape index (κ1) is 12.1. The van der Waals surface area contributed by atoms with Gasteiger partial charge in [0.25, 0.3) is 0 Å². The second-order valence-corrected chi connectivity index (χ2v) is 4.73. The maximum Gasteiger partial charge on any atom is 0.150 e. The van der Waals surface area contributed by atoms with Gasteiger partial charge in [-0.15, -0.1) is 0 Å². The molecule has 2 rings (SSSR count). The van der Waals surface area contributed by atoms with Crippen molar-refractivity contribution in [1.29, 1.82) is 0 Å². The molecule has 0 aliphatic heterocycles. The summed E-state index contributed by atoms with van der Waals surface area (Å²) in [5, 5.41) is 4.61. The molecule has 2 nitrogen and oxygen atoms in total. The van der Waals surface area contributed by atoms with Gasteiger partial charge in [-0.25, -0.2) is 0 Å². The molecule has 0 N–H and O–H groups in total. The highest BCUT2D eigenvalue weighted by Crippen LogP contribution is 2.25. The van der Waals surface area contributed by atoms with E-state index in [-0.39, 0.29) is 0 Å². The molecule has 1 heterocycles. The van der Waals surface area contributed by atoms with E-state index in [1.54, 1.807) is 29.5 Å². The number of ether oxygens (including phenoxy) is 1. The van der Waals surface area contributed by atoms with Crippen molar-refractivity contribution >= 4 is 29.2 Å². The minimum atomic E-state index is 0.472. The predicted molar refractivity (Wildman–Crippen MR) is 70.4 cm³/mol. The highest BCUT2D eigenvalue weighted by molar-refractivity contribution is 7.07. The number of carbonyl (C=O) groups is 1. The molecule has 4 heteroatoms. The van der Waals surface area contributed by atoms with Crippen molar-refractivity contribution in [2.75, 3.05) is 6.61 Å². The van der Waals surface area contributed by atoms with Gasteiger partial charge in [0.15, 0.2) is 0 Å². The average Bonchev–Trinajstić information content (AvgIpc) is 2.84. The summed E-state index contributed by atoms with van der Waals surface area (Å²) >= 11 is 7.66. The summed E-state index contributed by atoms with van der Waals surface area (Å²) in [7, 11) is 0. The van der Waals surface area contributed by atoms with E-state index in [1.807, 2.05) is 5.38 Å². The quantitative estimate of drug-likeness (QED) is 0.769. The number of halogens is 1. The lowest BCUT2D eigenvalue weighted by molar-refractivity contribution is 0.112. The van der Waals surface area contributed by atoms with Crippen LogP contribution in [0.4, 0.5) is 0 Å². The van der Waals surface area contributed by atoms with Crippen LogP contribution in [0.2, 0.25) is 5.02 Å². The van der Waals surface area contributed by atoms with Gasteiger partial charge in [0.2, 0.25) is 0 Å². The number of aldehydes is 1. The summed E-state index contributed by atoms with van der Waals surface area (Å²) in [5.74, 6) is 0.618. The second-order valence-electron chi connectivity index (χ2n) is 3.54. The Morgan fingerprint density at radius 2 is 2.24 bits per heavy atom. The van der Waals surface area contributed by atoms with Gasteiger partial charge in [-0.1, -0.05) is 11.6 Å². The fourth-order valence-corrected chi connectivity index (χ4v) is 2.37. The number of thiophene rings is 1. The molecular formula is C13H11ClO2S. The van der Waals surface area contributed by atoms with Crippen LogP contribution in [0, 0.1) is 0 Å². The van der Waals surface area contributed by atoms with E-state index in [9.17, 15) is 4.79 Å². The molecule has 0 spiro atoms. The van der Waals surface area contributed by atoms with Gasteiger partial charge in [-0.3, -0.25) is 4.79 Å². The van der Waals surface area contributed by atoms with E-state index >= 15 is 0 Å². The molecule has 17 heavy (non-hydrogen) atoms. The van der Waals surface area contributed by atoms with E-state index in [0.29, 0.717) is 22.9 Å². The molecule has 1 aromatic carbocycles. The minimum absolute atomic E-state index is 0.472. The Bertz CT molecular complexity index is 494. The third-order valence-electron chi connectivity index (χ3n) is 2.32. The predicted octanol–water partition coefficient (Wildman–Crippen LogP) is 3.84. The normalized spacial score (nSPS) is 10.2. The number of hydrogen-bond donors (Lipinski definition) is 0. The first-order valence-electron chi connectivity index (χ1n) is 5.18. The molecule has 2 aromatic rings. The van der Waals surface area contributed by atoms with Crippen molar-refractivity contribution in [3.8, 4) is 5.75 Å². The van der Waals surface area contributed by atoms with Crippen molar-refractivity contribution in [2.45, 2.75) is 6.42 Å². The van der Waals surface area contributed by atoms with E-state index < -0.39 is 0 Å². The van der Waals surface area contributed by atoms with Gasteiger partial charge in [0.1, 0.15) is 12.0 Å². The van der Waals surface area contributed by atoms with Crippen LogP contribution in [0.5, 0.6) is 5.75 Å². The first-order valence-corrected chi connectivity index (χ1v) is 6.50. The van der Waals surface area contributed by atoms with Crippen LogP contribution < -0.4 is 4.74 Å². The van der Waals surface area contributed by atoms with Crippen LogP contribution in [0.25, 0.3) is 0 Å². The molecule has 0 radical (unpaired) electrons. The third-order valence-corrected chi connectivity index (χ3v) is 3.35. The summed E-state index contributed by atoms with van der Waals surface area (Å²) in [6.45, 7) is 0.580. The Morgan fingerprint density at radius 3 is 2.88 bits per heavy atom. The van der Waals surface area contributed by atoms with Crippen LogP contribution in [0.15, 0.2) is 35.0 Å². The molecule has 88 valence electrons. The van der Waals surface area contributed by atoms with Gasteiger partial charge >= 0.3 is 0 Å². The molecule has 0 bridgehead atoms. The zero-order chi connectivity index (χ0) is 12.1. The fraction of sp³-hybridized carbons (Fsp3) is 0.154. The Hall–Kier alpha value is -1.32. The van der Waals surface area contributed by atoms with Crippen LogP contribution in [-0.2, 0) is 6.42 Å². The topological polar surface area (TPSA) is 26.3 Å². The minimum Gasteiger partial charge on any atom is -0.492 e. The van der Waals surface area contributed by atoms with Gasteiger partial charge in [-0.05, 0) is 40.6 Å². The summed E-state index contributed by atoms with van der Waals surface area (Å²) in [6, 6.07) is 7.10. The lowest BCUT2D eigenvalue weighted by Crippen LogP contribution is -2.01. The fourth-order valence-electron chi connectivity index (χ4n) is 1.42. The molecule has 0 aliphatic carbocycles. The van der Waals surface area contributed by atoms with E-state index in [0.717, 1.165) is 12.7 Å². The lowest BCUT2D eigenvalue weighted by atomic mass is 10.2. The summed E-state index contributed by atoms with van der Waals surface area (Å²) in [4.78, 5) is 10.5. The van der Waals surface area contributed by atoms with Gasteiger partial charge in [0, 0.05) is 12.0 Å². The summed E-state index contributed by atoms with van der Waals surface area (Å²) < 4.78 is 5.57. The molecule has 0 amide bonds. The number of benzene rings is 1. The Balaban J connectivity index is 1.92. The zero-order valence-electron chi connectivity index (χ0n) is 9.06. The van der Waals surface area contributed by atoms with Crippen molar-refractivity contribution in [3.05, 3.63) is 51.2 Å². The third kappa shape index (κ3) is 3.32. The van der Waals surface area contributed by atoms with E-state index in [2.05, 4.69) is 11.4 Å². The highest BCUT2D eigenvalue weighted by atomic mass is 35.5. The van der Waals surface area contributed by atoms with Crippen molar-refractivity contribution in [2.24, 2.45) is 0 Å². The van der Waals surface area contributed by atoms with Gasteiger partial charge in [-0.2, -0.15) is 11.3 Å². The number of carbonyl (C=O) groups excluding carboxylic acids is 1. The molecule has 0 atom stereocenters. The Kier molecular flexibility index (Phi) is 4.18. The van der Waals surface area contributed by atoms with E-state index in [4.69, 9.17) is 16.3 Å². The standard InChI is InChI=1S/C13H11ClO2S/c14-12-7-11(8-15)1-2-13(12)16-5-3-10-4-6-17-9-10/h1-2,4,6-9H,3,5H2. The smallest absolute Gasteiger partial charge is 0.150 e. The molecule has 0 saturated carbocycles. The lowest BCUT2D eigenvalue weighted by Gasteiger charge is -2.07. The first-order chi connectivity index (χ1) is 8.29. The Morgan fingerprint density at radius 1 is 1.35 bits per heavy atom. The molecule has 0 unspecified atom stereocenters.